The Kier molecular flexibility index (Phi) is 6.81. The van der Waals surface area contributed by atoms with Crippen LogP contribution < -0.4 is 10.0 Å². The third kappa shape index (κ3) is 4.86. The maximum Gasteiger partial charge on any atom is 0.277 e. The fourth-order valence-electron chi connectivity index (χ4n) is 3.29. The molecule has 3 aromatic rings. The number of nitrogens with zero attached hydrogens (tertiary/aromatic N) is 4. The van der Waals surface area contributed by atoms with Crippen LogP contribution in [-0.4, -0.2) is 32.6 Å². The van der Waals surface area contributed by atoms with Gasteiger partial charge in [0.05, 0.1) is 38.1 Å². The number of carboxylic acids is 1. The fraction of sp³-hybridized carbons (Fsp3) is 0.0455. The van der Waals surface area contributed by atoms with E-state index in [1.807, 2.05) is 0 Å². The highest BCUT2D eigenvalue weighted by Crippen LogP contribution is 2.31. The van der Waals surface area contributed by atoms with Gasteiger partial charge in [0.2, 0.25) is 0 Å². The van der Waals surface area contributed by atoms with Crippen LogP contribution in [0.3, 0.4) is 0 Å². The number of hydrogen-bond acceptors (Lipinski definition) is 10. The largest absolute Gasteiger partial charge is 0.545 e. The Hall–Kier alpha value is -5.53. The van der Waals surface area contributed by atoms with Gasteiger partial charge in [0, 0.05) is 35.4 Å². The van der Waals surface area contributed by atoms with E-state index in [-0.39, 0.29) is 11.3 Å². The molecule has 0 aliphatic heterocycles. The van der Waals surface area contributed by atoms with Crippen molar-refractivity contribution in [2.75, 3.05) is 4.90 Å². The number of imide groups is 1. The number of anilines is 1. The van der Waals surface area contributed by atoms with Gasteiger partial charge in [0.25, 0.3) is 28.9 Å². The molecule has 0 spiro atoms. The zero-order valence-electron chi connectivity index (χ0n) is 18.1. The van der Waals surface area contributed by atoms with E-state index < -0.39 is 66.3 Å². The van der Waals surface area contributed by atoms with E-state index in [9.17, 15) is 49.8 Å². The Morgan fingerprint density at radius 3 is 1.72 bits per heavy atom. The number of non-ortho nitro benzene ring substituents is 3. The van der Waals surface area contributed by atoms with Crippen LogP contribution in [-0.2, 0) is 0 Å². The lowest BCUT2D eigenvalue weighted by Gasteiger charge is -2.24. The summed E-state index contributed by atoms with van der Waals surface area (Å²) in [4.78, 5) is 70.1. The second kappa shape index (κ2) is 9.76. The second-order valence-electron chi connectivity index (χ2n) is 7.26. The molecule has 3 aromatic carbocycles. The zero-order chi connectivity index (χ0) is 26.7. The molecule has 0 saturated carbocycles. The zero-order valence-corrected chi connectivity index (χ0v) is 18.1. The molecule has 0 atom stereocenters. The summed E-state index contributed by atoms with van der Waals surface area (Å²) >= 11 is 0. The lowest BCUT2D eigenvalue weighted by molar-refractivity contribution is -0.394. The topological polar surface area (TPSA) is 207 Å². The predicted octanol–water partition coefficient (Wildman–Crippen LogP) is 2.57. The number of benzene rings is 3. The highest BCUT2D eigenvalue weighted by Gasteiger charge is 2.32. The first-order valence-electron chi connectivity index (χ1n) is 9.80. The number of nitro groups is 3. The molecule has 0 aliphatic carbocycles. The van der Waals surface area contributed by atoms with Gasteiger partial charge in [0.15, 0.2) is 0 Å². The van der Waals surface area contributed by atoms with Crippen LogP contribution in [0.25, 0.3) is 0 Å². The van der Waals surface area contributed by atoms with Crippen molar-refractivity contribution in [3.05, 3.63) is 113 Å². The molecule has 0 fully saturated rings. The van der Waals surface area contributed by atoms with Crippen molar-refractivity contribution in [1.82, 2.24) is 0 Å². The Morgan fingerprint density at radius 1 is 0.694 bits per heavy atom. The molecular weight excluding hydrogens is 480 g/mol. The summed E-state index contributed by atoms with van der Waals surface area (Å²) < 4.78 is 0. The second-order valence-corrected chi connectivity index (χ2v) is 7.26. The number of carboxylic acid groups (broad SMARTS) is 1. The molecule has 0 unspecified atom stereocenters. The van der Waals surface area contributed by atoms with Crippen molar-refractivity contribution in [2.24, 2.45) is 0 Å². The number of hydrogen-bond donors (Lipinski definition) is 0. The standard InChI is InChI=1S/C22H14N4O10/c1-12-6-7-14(24(31)32)11-19(12)23(21(28)17-4-2-3-5-18(17)22(29)30)20(27)13-8-15(25(33)34)10-16(9-13)26(35)36/h2-11H,1H3,(H,29,30)/p-1. The number of amides is 2. The van der Waals surface area contributed by atoms with E-state index >= 15 is 0 Å². The van der Waals surface area contributed by atoms with E-state index in [0.717, 1.165) is 24.3 Å². The van der Waals surface area contributed by atoms with Gasteiger partial charge in [-0.1, -0.05) is 24.3 Å². The van der Waals surface area contributed by atoms with Crippen molar-refractivity contribution < 1.29 is 34.3 Å². The van der Waals surface area contributed by atoms with Crippen LogP contribution in [0.4, 0.5) is 22.7 Å². The molecule has 3 rings (SSSR count). The molecule has 0 N–H and O–H groups in total. The molecule has 0 aromatic heterocycles. The van der Waals surface area contributed by atoms with Gasteiger partial charge < -0.3 is 9.90 Å². The summed E-state index contributed by atoms with van der Waals surface area (Å²) in [5, 5.41) is 45.5. The van der Waals surface area contributed by atoms with E-state index in [1.165, 1.54) is 25.1 Å². The fourth-order valence-corrected chi connectivity index (χ4v) is 3.29. The monoisotopic (exact) mass is 493 g/mol. The number of nitro benzene ring substituents is 3. The minimum Gasteiger partial charge on any atom is -0.545 e. The van der Waals surface area contributed by atoms with Crippen molar-refractivity contribution in [1.29, 1.82) is 0 Å². The Labute approximate surface area is 200 Å². The molecule has 0 bridgehead atoms. The number of rotatable bonds is 7. The molecule has 36 heavy (non-hydrogen) atoms. The average Bonchev–Trinajstić information content (AvgIpc) is 2.84. The molecule has 0 aliphatic rings. The van der Waals surface area contributed by atoms with Crippen LogP contribution in [0.15, 0.2) is 60.7 Å². The number of carbonyl (C=O) groups excluding carboxylic acids is 3. The van der Waals surface area contributed by atoms with Crippen LogP contribution in [0.2, 0.25) is 0 Å². The number of aromatic carboxylic acids is 1. The SMILES string of the molecule is Cc1ccc([N+](=O)[O-])cc1N(C(=O)c1cc([N+](=O)[O-])cc([N+](=O)[O-])c1)C(=O)c1ccccc1C(=O)[O-]. The van der Waals surface area contributed by atoms with E-state index in [0.29, 0.717) is 23.1 Å². The van der Waals surface area contributed by atoms with E-state index in [2.05, 4.69) is 0 Å². The third-order valence-corrected chi connectivity index (χ3v) is 5.00. The van der Waals surface area contributed by atoms with Gasteiger partial charge in [0.1, 0.15) is 0 Å². The summed E-state index contributed by atoms with van der Waals surface area (Å²) in [6, 6.07) is 9.85. The third-order valence-electron chi connectivity index (χ3n) is 5.00. The molecule has 2 amide bonds. The normalized spacial score (nSPS) is 10.4. The Morgan fingerprint density at radius 2 is 1.22 bits per heavy atom. The summed E-state index contributed by atoms with van der Waals surface area (Å²) in [7, 11) is 0. The molecular formula is C22H13N4O10-. The Bertz CT molecular complexity index is 1430. The van der Waals surface area contributed by atoms with Crippen molar-refractivity contribution >= 4 is 40.5 Å². The van der Waals surface area contributed by atoms with Gasteiger partial charge in [-0.05, 0) is 18.6 Å². The highest BCUT2D eigenvalue weighted by atomic mass is 16.6. The minimum atomic E-state index is -1.76. The molecule has 14 heteroatoms. The minimum absolute atomic E-state index is 0.160. The van der Waals surface area contributed by atoms with E-state index in [1.54, 1.807) is 0 Å². The van der Waals surface area contributed by atoms with Crippen LogP contribution >= 0.6 is 0 Å². The smallest absolute Gasteiger partial charge is 0.277 e. The molecule has 0 radical (unpaired) electrons. The average molecular weight is 493 g/mol. The van der Waals surface area contributed by atoms with Crippen molar-refractivity contribution in [3.63, 3.8) is 0 Å². The van der Waals surface area contributed by atoms with Gasteiger partial charge in [-0.2, -0.15) is 0 Å². The molecule has 14 nitrogen and oxygen atoms in total. The van der Waals surface area contributed by atoms with Gasteiger partial charge >= 0.3 is 0 Å². The first kappa shape index (κ1) is 25.1. The highest BCUT2D eigenvalue weighted by molar-refractivity contribution is 6.27. The number of aryl methyl sites for hydroxylation is 1. The summed E-state index contributed by atoms with van der Waals surface area (Å²) in [6.45, 7) is 1.40. The lowest BCUT2D eigenvalue weighted by Crippen LogP contribution is -2.39. The molecule has 182 valence electrons. The first-order valence-corrected chi connectivity index (χ1v) is 9.80. The Balaban J connectivity index is 2.32. The summed E-state index contributed by atoms with van der Waals surface area (Å²) in [5.74, 6) is -4.35. The van der Waals surface area contributed by atoms with Gasteiger partial charge in [-0.25, -0.2) is 4.90 Å². The van der Waals surface area contributed by atoms with Crippen molar-refractivity contribution in [3.8, 4) is 0 Å². The van der Waals surface area contributed by atoms with Gasteiger partial charge in [-0.15, -0.1) is 0 Å². The molecule has 0 saturated heterocycles. The van der Waals surface area contributed by atoms with Crippen molar-refractivity contribution in [2.45, 2.75) is 6.92 Å². The quantitative estimate of drug-likeness (QED) is 0.267. The van der Waals surface area contributed by atoms with Gasteiger partial charge in [-0.3, -0.25) is 39.9 Å². The first-order chi connectivity index (χ1) is 16.9. The predicted molar refractivity (Wildman–Crippen MR) is 119 cm³/mol. The maximum atomic E-state index is 13.6. The van der Waals surface area contributed by atoms with E-state index in [4.69, 9.17) is 0 Å². The maximum absolute atomic E-state index is 13.6. The summed E-state index contributed by atoms with van der Waals surface area (Å²) in [5.41, 5.74) is -4.17. The van der Waals surface area contributed by atoms with Crippen LogP contribution in [0.1, 0.15) is 36.6 Å². The molecule has 0 heterocycles. The summed E-state index contributed by atoms with van der Waals surface area (Å²) in [6.07, 6.45) is 0. The van der Waals surface area contributed by atoms with Crippen LogP contribution in [0.5, 0.6) is 0 Å². The lowest BCUT2D eigenvalue weighted by atomic mass is 10.0. The van der Waals surface area contributed by atoms with Crippen LogP contribution in [0, 0.1) is 37.3 Å². The number of carbonyl (C=O) groups is 3.